The van der Waals surface area contributed by atoms with Gasteiger partial charge in [0, 0.05) is 16.4 Å². The molecule has 0 aliphatic rings. The molecule has 3 heteroatoms. The van der Waals surface area contributed by atoms with E-state index in [4.69, 9.17) is 0 Å². The Morgan fingerprint density at radius 1 is 1.40 bits per heavy atom. The average Bonchev–Trinajstić information content (AvgIpc) is 1.85. The van der Waals surface area contributed by atoms with Gasteiger partial charge in [-0.3, -0.25) is 0 Å². The number of rotatable bonds is 4. The Morgan fingerprint density at radius 3 is 2.20 bits per heavy atom. The molecule has 0 aromatic heterocycles. The lowest BCUT2D eigenvalue weighted by Crippen LogP contribution is -2.22. The highest BCUT2D eigenvalue weighted by Gasteiger charge is 2.15. The van der Waals surface area contributed by atoms with E-state index in [0.717, 1.165) is 11.6 Å². The predicted octanol–water partition coefficient (Wildman–Crippen LogP) is 1.95. The van der Waals surface area contributed by atoms with Gasteiger partial charge in [-0.1, -0.05) is 0 Å². The van der Waals surface area contributed by atoms with E-state index in [1.54, 1.807) is 0 Å². The smallest absolute Gasteiger partial charge is 0.0443 e. The standard InChI is InChI=1S/C7H17NS2/c1-7(2,5-9)10-6-8(3)4/h9H,5-6H2,1-4H3. The maximum Gasteiger partial charge on any atom is 0.0443 e. The number of hydrogen-bond donors (Lipinski definition) is 1. The molecule has 0 atom stereocenters. The molecule has 0 aromatic carbocycles. The van der Waals surface area contributed by atoms with Crippen molar-refractivity contribution in [2.75, 3.05) is 25.7 Å². The summed E-state index contributed by atoms with van der Waals surface area (Å²) in [6.45, 7) is 4.43. The van der Waals surface area contributed by atoms with Gasteiger partial charge in [0.15, 0.2) is 0 Å². The normalized spacial score (nSPS) is 12.6. The third-order valence-electron chi connectivity index (χ3n) is 1.09. The fourth-order valence-electron chi connectivity index (χ4n) is 0.349. The summed E-state index contributed by atoms with van der Waals surface area (Å²) in [5.74, 6) is 2.01. The Balaban J connectivity index is 3.46. The van der Waals surface area contributed by atoms with E-state index in [9.17, 15) is 0 Å². The van der Waals surface area contributed by atoms with Gasteiger partial charge in [0.05, 0.1) is 0 Å². The Morgan fingerprint density at radius 2 is 1.90 bits per heavy atom. The van der Waals surface area contributed by atoms with Gasteiger partial charge in [-0.25, -0.2) is 0 Å². The first-order valence-electron chi connectivity index (χ1n) is 3.37. The third-order valence-corrected chi connectivity index (χ3v) is 3.67. The van der Waals surface area contributed by atoms with Crippen molar-refractivity contribution in [1.29, 1.82) is 0 Å². The SMILES string of the molecule is CN(C)CSC(C)(C)CS. The molecular weight excluding hydrogens is 162 g/mol. The van der Waals surface area contributed by atoms with Crippen LogP contribution in [0.25, 0.3) is 0 Å². The van der Waals surface area contributed by atoms with Crippen molar-refractivity contribution < 1.29 is 0 Å². The van der Waals surface area contributed by atoms with Crippen LogP contribution in [0.4, 0.5) is 0 Å². The van der Waals surface area contributed by atoms with Crippen LogP contribution in [-0.4, -0.2) is 35.4 Å². The van der Waals surface area contributed by atoms with Crippen LogP contribution in [0, 0.1) is 0 Å². The zero-order chi connectivity index (χ0) is 8.20. The van der Waals surface area contributed by atoms with E-state index in [1.807, 2.05) is 11.8 Å². The van der Waals surface area contributed by atoms with Gasteiger partial charge in [-0.15, -0.1) is 11.8 Å². The van der Waals surface area contributed by atoms with Crippen molar-refractivity contribution in [3.63, 3.8) is 0 Å². The van der Waals surface area contributed by atoms with Crippen molar-refractivity contribution in [2.45, 2.75) is 18.6 Å². The molecule has 0 aliphatic heterocycles. The van der Waals surface area contributed by atoms with Gasteiger partial charge in [0.25, 0.3) is 0 Å². The van der Waals surface area contributed by atoms with Gasteiger partial charge in [-0.2, -0.15) is 12.6 Å². The quantitative estimate of drug-likeness (QED) is 0.519. The van der Waals surface area contributed by atoms with E-state index in [2.05, 4.69) is 45.5 Å². The first kappa shape index (κ1) is 10.7. The summed E-state index contributed by atoms with van der Waals surface area (Å²) in [5.41, 5.74) is 0. The molecule has 0 aromatic rings. The topological polar surface area (TPSA) is 3.24 Å². The summed E-state index contributed by atoms with van der Waals surface area (Å²) >= 11 is 6.20. The summed E-state index contributed by atoms with van der Waals surface area (Å²) < 4.78 is 0.313. The van der Waals surface area contributed by atoms with Gasteiger partial charge in [0.2, 0.25) is 0 Å². The van der Waals surface area contributed by atoms with E-state index in [0.29, 0.717) is 4.75 Å². The molecule has 0 spiro atoms. The van der Waals surface area contributed by atoms with E-state index < -0.39 is 0 Å². The molecule has 0 radical (unpaired) electrons. The highest BCUT2D eigenvalue weighted by atomic mass is 32.2. The van der Waals surface area contributed by atoms with E-state index in [1.165, 1.54) is 0 Å². The molecule has 62 valence electrons. The molecule has 0 N–H and O–H groups in total. The molecule has 0 amide bonds. The minimum atomic E-state index is 0.313. The zero-order valence-corrected chi connectivity index (χ0v) is 8.93. The van der Waals surface area contributed by atoms with Crippen molar-refractivity contribution >= 4 is 24.4 Å². The fraction of sp³-hybridized carbons (Fsp3) is 1.00. The minimum Gasteiger partial charge on any atom is -0.300 e. The van der Waals surface area contributed by atoms with Crippen LogP contribution in [0.3, 0.4) is 0 Å². The van der Waals surface area contributed by atoms with Gasteiger partial charge >= 0.3 is 0 Å². The van der Waals surface area contributed by atoms with Crippen LogP contribution < -0.4 is 0 Å². The largest absolute Gasteiger partial charge is 0.300 e. The van der Waals surface area contributed by atoms with Crippen molar-refractivity contribution in [3.05, 3.63) is 0 Å². The second-order valence-electron chi connectivity index (χ2n) is 3.27. The van der Waals surface area contributed by atoms with E-state index >= 15 is 0 Å². The maximum atomic E-state index is 4.26. The lowest BCUT2D eigenvalue weighted by molar-refractivity contribution is 0.483. The summed E-state index contributed by atoms with van der Waals surface area (Å²) in [5, 5.41) is 0. The monoisotopic (exact) mass is 179 g/mol. The fourth-order valence-corrected chi connectivity index (χ4v) is 1.32. The molecule has 1 nitrogen and oxygen atoms in total. The summed E-state index contributed by atoms with van der Waals surface area (Å²) in [6.07, 6.45) is 0. The molecule has 0 saturated carbocycles. The Labute approximate surface area is 74.0 Å². The number of nitrogens with zero attached hydrogens (tertiary/aromatic N) is 1. The molecular formula is C7H17NS2. The van der Waals surface area contributed by atoms with Crippen LogP contribution in [0.5, 0.6) is 0 Å². The lowest BCUT2D eigenvalue weighted by Gasteiger charge is -2.23. The second kappa shape index (κ2) is 4.52. The summed E-state index contributed by atoms with van der Waals surface area (Å²) in [6, 6.07) is 0. The zero-order valence-electron chi connectivity index (χ0n) is 7.22. The Bertz CT molecular complexity index is 91.6. The maximum absolute atomic E-state index is 4.26. The third kappa shape index (κ3) is 5.45. The molecule has 0 fully saturated rings. The molecule has 10 heavy (non-hydrogen) atoms. The number of thiol groups is 1. The van der Waals surface area contributed by atoms with Crippen molar-refractivity contribution in [2.24, 2.45) is 0 Å². The van der Waals surface area contributed by atoms with Crippen LogP contribution in [0.15, 0.2) is 0 Å². The van der Waals surface area contributed by atoms with Gasteiger partial charge < -0.3 is 4.90 Å². The van der Waals surface area contributed by atoms with Crippen LogP contribution in [-0.2, 0) is 0 Å². The lowest BCUT2D eigenvalue weighted by atomic mass is 10.2. The first-order chi connectivity index (χ1) is 4.48. The van der Waals surface area contributed by atoms with Crippen LogP contribution in [0.1, 0.15) is 13.8 Å². The summed E-state index contributed by atoms with van der Waals surface area (Å²) in [4.78, 5) is 2.18. The van der Waals surface area contributed by atoms with E-state index in [-0.39, 0.29) is 0 Å². The number of hydrogen-bond acceptors (Lipinski definition) is 3. The van der Waals surface area contributed by atoms with Crippen molar-refractivity contribution in [3.8, 4) is 0 Å². The number of thioether (sulfide) groups is 1. The van der Waals surface area contributed by atoms with Gasteiger partial charge in [0.1, 0.15) is 0 Å². The highest BCUT2D eigenvalue weighted by molar-refractivity contribution is 8.01. The highest BCUT2D eigenvalue weighted by Crippen LogP contribution is 2.25. The first-order valence-corrected chi connectivity index (χ1v) is 4.99. The Hall–Kier alpha value is 0.660. The minimum absolute atomic E-state index is 0.313. The second-order valence-corrected chi connectivity index (χ2v) is 5.24. The van der Waals surface area contributed by atoms with Gasteiger partial charge in [-0.05, 0) is 27.9 Å². The molecule has 0 bridgehead atoms. The Kier molecular flexibility index (Phi) is 4.82. The molecule has 0 rings (SSSR count). The molecule has 0 saturated heterocycles. The molecule has 0 unspecified atom stereocenters. The van der Waals surface area contributed by atoms with Crippen molar-refractivity contribution in [1.82, 2.24) is 4.90 Å². The molecule has 0 aliphatic carbocycles. The average molecular weight is 179 g/mol. The van der Waals surface area contributed by atoms with Crippen LogP contribution >= 0.6 is 24.4 Å². The van der Waals surface area contributed by atoms with Crippen LogP contribution in [0.2, 0.25) is 0 Å². The molecule has 0 heterocycles. The predicted molar refractivity (Wildman–Crippen MR) is 54.1 cm³/mol. The summed E-state index contributed by atoms with van der Waals surface area (Å²) in [7, 11) is 4.17.